The first-order valence-electron chi connectivity index (χ1n) is 8.12. The van der Waals surface area contributed by atoms with E-state index in [0.717, 1.165) is 5.56 Å². The standard InChI is InChI=1S/C20H16Cl3NO2/c21-15-4-1-3-14(11-15)7-9-20(26)8-2-10-24(13-20)19(25)17-6-5-16(22)12-18(17)23/h1,3-6,11-12,26H,2,8,10,13H2. The van der Waals surface area contributed by atoms with Crippen LogP contribution in [0.25, 0.3) is 0 Å². The summed E-state index contributed by atoms with van der Waals surface area (Å²) in [7, 11) is 0. The maximum Gasteiger partial charge on any atom is 0.255 e. The monoisotopic (exact) mass is 407 g/mol. The van der Waals surface area contributed by atoms with Gasteiger partial charge in [-0.15, -0.1) is 0 Å². The molecule has 0 aromatic heterocycles. The van der Waals surface area contributed by atoms with Crippen molar-refractivity contribution in [3.8, 4) is 11.8 Å². The van der Waals surface area contributed by atoms with Crippen LogP contribution in [-0.4, -0.2) is 34.6 Å². The SMILES string of the molecule is O=C(c1ccc(Cl)cc1Cl)N1CCCC(O)(C#Cc2cccc(Cl)c2)C1. The van der Waals surface area contributed by atoms with Crippen LogP contribution >= 0.6 is 34.8 Å². The molecule has 0 radical (unpaired) electrons. The van der Waals surface area contributed by atoms with Crippen LogP contribution in [0.15, 0.2) is 42.5 Å². The molecule has 134 valence electrons. The Kier molecular flexibility index (Phi) is 5.79. The van der Waals surface area contributed by atoms with Gasteiger partial charge in [-0.2, -0.15) is 0 Å². The van der Waals surface area contributed by atoms with Crippen molar-refractivity contribution in [1.29, 1.82) is 0 Å². The number of aliphatic hydroxyl groups is 1. The van der Waals surface area contributed by atoms with Crippen LogP contribution in [-0.2, 0) is 0 Å². The van der Waals surface area contributed by atoms with Gasteiger partial charge in [0, 0.05) is 22.2 Å². The number of hydrogen-bond donors (Lipinski definition) is 1. The van der Waals surface area contributed by atoms with Crippen molar-refractivity contribution >= 4 is 40.7 Å². The van der Waals surface area contributed by atoms with Gasteiger partial charge < -0.3 is 10.0 Å². The third-order valence-corrected chi connectivity index (χ3v) is 4.97. The molecule has 1 N–H and O–H groups in total. The lowest BCUT2D eigenvalue weighted by molar-refractivity contribution is 0.0153. The fourth-order valence-corrected chi connectivity index (χ4v) is 3.58. The second-order valence-corrected chi connectivity index (χ2v) is 7.53. The minimum absolute atomic E-state index is 0.123. The fraction of sp³-hybridized carbons (Fsp3) is 0.250. The first kappa shape index (κ1) is 19.1. The number of likely N-dealkylation sites (tertiary alicyclic amines) is 1. The Morgan fingerprint density at radius 3 is 2.62 bits per heavy atom. The Morgan fingerprint density at radius 1 is 1.12 bits per heavy atom. The summed E-state index contributed by atoms with van der Waals surface area (Å²) in [6.45, 7) is 0.664. The number of carbonyl (C=O) groups excluding carboxylic acids is 1. The maximum atomic E-state index is 12.8. The molecule has 1 fully saturated rings. The number of benzene rings is 2. The van der Waals surface area contributed by atoms with Gasteiger partial charge in [0.05, 0.1) is 17.1 Å². The quantitative estimate of drug-likeness (QED) is 0.697. The smallest absolute Gasteiger partial charge is 0.255 e. The number of hydrogen-bond acceptors (Lipinski definition) is 2. The number of piperidine rings is 1. The summed E-state index contributed by atoms with van der Waals surface area (Å²) in [5.41, 5.74) is -0.187. The normalized spacial score (nSPS) is 19.6. The highest BCUT2D eigenvalue weighted by molar-refractivity contribution is 6.36. The summed E-state index contributed by atoms with van der Waals surface area (Å²) >= 11 is 18.0. The van der Waals surface area contributed by atoms with Crippen molar-refractivity contribution in [3.63, 3.8) is 0 Å². The van der Waals surface area contributed by atoms with Gasteiger partial charge in [-0.1, -0.05) is 52.7 Å². The molecule has 2 aromatic carbocycles. The van der Waals surface area contributed by atoms with E-state index in [-0.39, 0.29) is 12.5 Å². The molecule has 1 amide bonds. The molecule has 3 nitrogen and oxygen atoms in total. The number of nitrogens with zero attached hydrogens (tertiary/aromatic N) is 1. The topological polar surface area (TPSA) is 40.5 Å². The molecule has 1 heterocycles. The van der Waals surface area contributed by atoms with Crippen molar-refractivity contribution in [1.82, 2.24) is 4.90 Å². The number of halogens is 3. The van der Waals surface area contributed by atoms with Gasteiger partial charge in [-0.05, 0) is 49.2 Å². The van der Waals surface area contributed by atoms with Crippen LogP contribution in [0.3, 0.4) is 0 Å². The molecule has 26 heavy (non-hydrogen) atoms. The lowest BCUT2D eigenvalue weighted by Gasteiger charge is -2.36. The first-order chi connectivity index (χ1) is 12.4. The number of β-amino-alcohol motifs (C(OH)–C–C–N with tert-alkyl or cyclic N) is 1. The van der Waals surface area contributed by atoms with E-state index in [1.165, 1.54) is 6.07 Å². The molecule has 1 saturated heterocycles. The van der Waals surface area contributed by atoms with Crippen molar-refractivity contribution in [2.45, 2.75) is 18.4 Å². The Labute approximate surface area is 167 Å². The van der Waals surface area contributed by atoms with Crippen LogP contribution in [0, 0.1) is 11.8 Å². The molecule has 0 spiro atoms. The summed E-state index contributed by atoms with van der Waals surface area (Å²) in [4.78, 5) is 14.3. The van der Waals surface area contributed by atoms with E-state index in [4.69, 9.17) is 34.8 Å². The fourth-order valence-electron chi connectivity index (χ4n) is 2.90. The van der Waals surface area contributed by atoms with Crippen LogP contribution in [0.5, 0.6) is 0 Å². The average molecular weight is 409 g/mol. The number of amides is 1. The summed E-state index contributed by atoms with van der Waals surface area (Å²) in [6, 6.07) is 11.9. The molecule has 1 unspecified atom stereocenters. The second kappa shape index (κ2) is 7.90. The van der Waals surface area contributed by atoms with Crippen LogP contribution < -0.4 is 0 Å². The van der Waals surface area contributed by atoms with Gasteiger partial charge >= 0.3 is 0 Å². The summed E-state index contributed by atoms with van der Waals surface area (Å²) in [6.07, 6.45) is 1.15. The maximum absolute atomic E-state index is 12.8. The van der Waals surface area contributed by atoms with E-state index < -0.39 is 5.60 Å². The Bertz CT molecular complexity index is 903. The minimum atomic E-state index is -1.27. The van der Waals surface area contributed by atoms with E-state index >= 15 is 0 Å². The third-order valence-electron chi connectivity index (χ3n) is 4.18. The lowest BCUT2D eigenvalue weighted by atomic mass is 9.92. The average Bonchev–Trinajstić information content (AvgIpc) is 2.60. The zero-order chi connectivity index (χ0) is 18.7. The molecular formula is C20H16Cl3NO2. The molecular weight excluding hydrogens is 393 g/mol. The predicted octanol–water partition coefficient (Wildman–Crippen LogP) is 4.67. The molecule has 1 aliphatic rings. The second-order valence-electron chi connectivity index (χ2n) is 6.25. The summed E-state index contributed by atoms with van der Waals surface area (Å²) in [5, 5.41) is 12.2. The highest BCUT2D eigenvalue weighted by Gasteiger charge is 2.34. The van der Waals surface area contributed by atoms with E-state index in [0.29, 0.717) is 40.0 Å². The molecule has 1 atom stereocenters. The highest BCUT2D eigenvalue weighted by Crippen LogP contribution is 2.26. The molecule has 3 rings (SSSR count). The Morgan fingerprint density at radius 2 is 1.88 bits per heavy atom. The predicted molar refractivity (Wildman–Crippen MR) is 105 cm³/mol. The zero-order valence-corrected chi connectivity index (χ0v) is 16.1. The van der Waals surface area contributed by atoms with Crippen molar-refractivity contribution < 1.29 is 9.90 Å². The largest absolute Gasteiger partial charge is 0.376 e. The number of rotatable bonds is 1. The first-order valence-corrected chi connectivity index (χ1v) is 9.25. The summed E-state index contributed by atoms with van der Waals surface area (Å²) < 4.78 is 0. The lowest BCUT2D eigenvalue weighted by Crippen LogP contribution is -2.49. The van der Waals surface area contributed by atoms with Gasteiger partial charge in [-0.25, -0.2) is 0 Å². The third kappa shape index (κ3) is 4.52. The van der Waals surface area contributed by atoms with Gasteiger partial charge in [-0.3, -0.25) is 4.79 Å². The highest BCUT2D eigenvalue weighted by atomic mass is 35.5. The Balaban J connectivity index is 1.79. The van der Waals surface area contributed by atoms with E-state index in [9.17, 15) is 9.90 Å². The van der Waals surface area contributed by atoms with E-state index in [1.54, 1.807) is 35.2 Å². The zero-order valence-electron chi connectivity index (χ0n) is 13.8. The molecule has 2 aromatic rings. The van der Waals surface area contributed by atoms with Crippen molar-refractivity contribution in [2.24, 2.45) is 0 Å². The van der Waals surface area contributed by atoms with Crippen molar-refractivity contribution in [3.05, 3.63) is 68.7 Å². The summed E-state index contributed by atoms with van der Waals surface area (Å²) in [5.74, 6) is 5.61. The minimum Gasteiger partial charge on any atom is -0.376 e. The van der Waals surface area contributed by atoms with Crippen LogP contribution in [0.4, 0.5) is 0 Å². The van der Waals surface area contributed by atoms with E-state index in [1.807, 2.05) is 6.07 Å². The molecule has 0 aliphatic carbocycles. The van der Waals surface area contributed by atoms with Crippen molar-refractivity contribution in [2.75, 3.05) is 13.1 Å². The molecule has 1 aliphatic heterocycles. The van der Waals surface area contributed by atoms with Gasteiger partial charge in [0.1, 0.15) is 5.60 Å². The van der Waals surface area contributed by atoms with Crippen LogP contribution in [0.1, 0.15) is 28.8 Å². The van der Waals surface area contributed by atoms with Gasteiger partial charge in [0.25, 0.3) is 5.91 Å². The molecule has 0 saturated carbocycles. The van der Waals surface area contributed by atoms with Crippen LogP contribution in [0.2, 0.25) is 15.1 Å². The molecule has 6 heteroatoms. The Hall–Kier alpha value is -1.70. The van der Waals surface area contributed by atoms with E-state index in [2.05, 4.69) is 11.8 Å². The number of carbonyl (C=O) groups is 1. The van der Waals surface area contributed by atoms with Gasteiger partial charge in [0.15, 0.2) is 0 Å². The molecule has 0 bridgehead atoms. The van der Waals surface area contributed by atoms with Gasteiger partial charge in [0.2, 0.25) is 0 Å².